The normalized spacial score (nSPS) is 14.1. The first-order valence-electron chi connectivity index (χ1n) is 43.5. The van der Waals surface area contributed by atoms with Crippen LogP contribution in [0.3, 0.4) is 0 Å². The summed E-state index contributed by atoms with van der Waals surface area (Å²) in [5.41, 5.74) is 0. The molecule has 3 N–H and O–H groups in total. The molecule has 0 bridgehead atoms. The van der Waals surface area contributed by atoms with Crippen LogP contribution in [0.1, 0.15) is 446 Å². The van der Waals surface area contributed by atoms with Crippen LogP contribution in [0, 0.1) is 11.8 Å². The van der Waals surface area contributed by atoms with Crippen molar-refractivity contribution in [1.82, 2.24) is 0 Å². The van der Waals surface area contributed by atoms with Gasteiger partial charge in [0.05, 0.1) is 26.4 Å². The largest absolute Gasteiger partial charge is 0.472 e. The molecule has 3 unspecified atom stereocenters. The maximum atomic E-state index is 13.1. The Balaban J connectivity index is 5.23. The third-order valence-electron chi connectivity index (χ3n) is 20.1. The van der Waals surface area contributed by atoms with Crippen molar-refractivity contribution in [2.45, 2.75) is 464 Å². The average Bonchev–Trinajstić information content (AvgIpc) is 0.907. The number of phosphoric ester groups is 2. The first kappa shape index (κ1) is 101. The fourth-order valence-electron chi connectivity index (χ4n) is 13.0. The molecule has 0 heterocycles. The molecule has 0 radical (unpaired) electrons. The van der Waals surface area contributed by atoms with E-state index in [2.05, 4.69) is 41.5 Å². The van der Waals surface area contributed by atoms with Gasteiger partial charge in [-0.3, -0.25) is 37.3 Å². The van der Waals surface area contributed by atoms with E-state index in [0.29, 0.717) is 25.7 Å². The zero-order valence-electron chi connectivity index (χ0n) is 67.6. The van der Waals surface area contributed by atoms with Crippen LogP contribution in [0.2, 0.25) is 0 Å². The Morgan fingerprint density at radius 3 is 0.738 bits per heavy atom. The van der Waals surface area contributed by atoms with Gasteiger partial charge in [0.2, 0.25) is 0 Å². The molecule has 0 saturated heterocycles. The highest BCUT2D eigenvalue weighted by Gasteiger charge is 2.30. The molecule has 0 aliphatic carbocycles. The molecule has 0 aromatic heterocycles. The predicted molar refractivity (Wildman–Crippen MR) is 423 cm³/mol. The molecule has 0 fully saturated rings. The number of unbranched alkanes of at least 4 members (excludes halogenated alkanes) is 52. The zero-order chi connectivity index (χ0) is 75.6. The molecule has 0 spiro atoms. The van der Waals surface area contributed by atoms with Crippen LogP contribution >= 0.6 is 15.6 Å². The summed E-state index contributed by atoms with van der Waals surface area (Å²) in [4.78, 5) is 73.2. The fraction of sp³-hybridized carbons (Fsp3) is 0.952. The minimum absolute atomic E-state index is 0.107. The summed E-state index contributed by atoms with van der Waals surface area (Å²) >= 11 is 0. The van der Waals surface area contributed by atoms with E-state index in [0.717, 1.165) is 102 Å². The van der Waals surface area contributed by atoms with Crippen molar-refractivity contribution in [3.63, 3.8) is 0 Å². The maximum Gasteiger partial charge on any atom is 0.472 e. The van der Waals surface area contributed by atoms with Gasteiger partial charge >= 0.3 is 39.5 Å². The van der Waals surface area contributed by atoms with Gasteiger partial charge in [0.1, 0.15) is 19.3 Å². The second kappa shape index (κ2) is 75.5. The third kappa shape index (κ3) is 76.6. The highest BCUT2D eigenvalue weighted by molar-refractivity contribution is 7.47. The molecular formula is C84H164O17P2. The number of ether oxygens (including phenoxy) is 4. The van der Waals surface area contributed by atoms with E-state index in [1.54, 1.807) is 0 Å². The predicted octanol–water partition coefficient (Wildman–Crippen LogP) is 25.5. The number of carbonyl (C=O) groups excluding carboxylic acids is 4. The van der Waals surface area contributed by atoms with Crippen molar-refractivity contribution in [3.05, 3.63) is 0 Å². The maximum absolute atomic E-state index is 13.1. The Morgan fingerprint density at radius 1 is 0.282 bits per heavy atom. The number of aliphatic hydroxyl groups excluding tert-OH is 1. The Hall–Kier alpha value is -1.94. The van der Waals surface area contributed by atoms with Crippen molar-refractivity contribution in [2.24, 2.45) is 11.8 Å². The van der Waals surface area contributed by atoms with Crippen LogP contribution < -0.4 is 0 Å². The Morgan fingerprint density at radius 2 is 0.495 bits per heavy atom. The molecule has 103 heavy (non-hydrogen) atoms. The van der Waals surface area contributed by atoms with Crippen molar-refractivity contribution in [2.75, 3.05) is 39.6 Å². The first-order chi connectivity index (χ1) is 49.9. The molecule has 0 aliphatic rings. The van der Waals surface area contributed by atoms with E-state index in [4.69, 9.17) is 37.0 Å². The minimum Gasteiger partial charge on any atom is -0.462 e. The molecule has 0 aliphatic heterocycles. The summed E-state index contributed by atoms with van der Waals surface area (Å²) in [6.45, 7) is 9.68. The zero-order valence-corrected chi connectivity index (χ0v) is 69.4. The second-order valence-corrected chi connectivity index (χ2v) is 33.8. The van der Waals surface area contributed by atoms with Crippen LogP contribution in [-0.2, 0) is 65.4 Å². The summed E-state index contributed by atoms with van der Waals surface area (Å²) in [6.07, 6.45) is 66.6. The fourth-order valence-corrected chi connectivity index (χ4v) is 14.6. The number of carbonyl (C=O) groups is 4. The summed E-state index contributed by atoms with van der Waals surface area (Å²) in [6, 6.07) is 0. The molecule has 0 rings (SSSR count). The van der Waals surface area contributed by atoms with Gasteiger partial charge in [-0.2, -0.15) is 0 Å². The number of aliphatic hydroxyl groups is 1. The number of hydrogen-bond acceptors (Lipinski definition) is 15. The van der Waals surface area contributed by atoms with Crippen molar-refractivity contribution in [3.8, 4) is 0 Å². The monoisotopic (exact) mass is 1510 g/mol. The molecule has 0 aromatic rings. The summed E-state index contributed by atoms with van der Waals surface area (Å²) in [5.74, 6) is -0.531. The average molecular weight is 1510 g/mol. The second-order valence-electron chi connectivity index (χ2n) is 30.9. The van der Waals surface area contributed by atoms with Crippen LogP contribution in [-0.4, -0.2) is 96.7 Å². The lowest BCUT2D eigenvalue weighted by Gasteiger charge is -2.21. The van der Waals surface area contributed by atoms with Crippen molar-refractivity contribution < 1.29 is 80.2 Å². The van der Waals surface area contributed by atoms with Crippen molar-refractivity contribution >= 4 is 39.5 Å². The van der Waals surface area contributed by atoms with E-state index in [1.807, 2.05) is 0 Å². The molecule has 612 valence electrons. The standard InChI is InChI=1S/C84H164O17P2/c1-7-10-12-14-16-18-20-22-23-24-25-26-27-28-29-30-32-36-44-50-56-62-68-83(88)100-79(72-95-82(87)67-61-55-49-43-37-33-34-40-46-52-58-64-76(4)5)74-98-102(90,91)96-70-78(85)71-97-103(92,93)99-75-80(73-94-81(86)66-60-54-48-42-35-31-21-19-17-15-13-11-8-2)101-84(89)69-63-57-51-45-39-38-41-47-53-59-65-77(6)9-3/h76-80,85H,7-75H2,1-6H3,(H,90,91)(H,92,93)/t77?,78-,79-,80-/m1/s1. The Bertz CT molecular complexity index is 1980. The molecule has 0 amide bonds. The molecule has 19 heteroatoms. The van der Waals surface area contributed by atoms with Gasteiger partial charge in [0.25, 0.3) is 0 Å². The van der Waals surface area contributed by atoms with Crippen LogP contribution in [0.5, 0.6) is 0 Å². The lowest BCUT2D eigenvalue weighted by atomic mass is 9.99. The van der Waals surface area contributed by atoms with Crippen LogP contribution in [0.15, 0.2) is 0 Å². The third-order valence-corrected chi connectivity index (χ3v) is 22.0. The lowest BCUT2D eigenvalue weighted by Crippen LogP contribution is -2.30. The Labute approximate surface area is 632 Å². The smallest absolute Gasteiger partial charge is 0.462 e. The first-order valence-corrected chi connectivity index (χ1v) is 46.5. The Kier molecular flexibility index (Phi) is 74.1. The van der Waals surface area contributed by atoms with E-state index < -0.39 is 97.5 Å². The van der Waals surface area contributed by atoms with Gasteiger partial charge in [0.15, 0.2) is 12.2 Å². The van der Waals surface area contributed by atoms with Gasteiger partial charge < -0.3 is 33.8 Å². The van der Waals surface area contributed by atoms with Gasteiger partial charge in [-0.25, -0.2) is 9.13 Å². The van der Waals surface area contributed by atoms with E-state index in [1.165, 1.54) is 263 Å². The van der Waals surface area contributed by atoms with Gasteiger partial charge in [-0.1, -0.05) is 395 Å². The van der Waals surface area contributed by atoms with Gasteiger partial charge in [-0.15, -0.1) is 0 Å². The number of esters is 4. The number of hydrogen-bond donors (Lipinski definition) is 3. The van der Waals surface area contributed by atoms with Crippen LogP contribution in [0.4, 0.5) is 0 Å². The highest BCUT2D eigenvalue weighted by Crippen LogP contribution is 2.45. The van der Waals surface area contributed by atoms with E-state index >= 15 is 0 Å². The van der Waals surface area contributed by atoms with E-state index in [9.17, 15) is 43.2 Å². The quantitative estimate of drug-likeness (QED) is 0.0222. The van der Waals surface area contributed by atoms with Gasteiger partial charge in [-0.05, 0) is 37.5 Å². The van der Waals surface area contributed by atoms with Crippen LogP contribution in [0.25, 0.3) is 0 Å². The van der Waals surface area contributed by atoms with Crippen molar-refractivity contribution in [1.29, 1.82) is 0 Å². The molecule has 17 nitrogen and oxygen atoms in total. The summed E-state index contributed by atoms with van der Waals surface area (Å²) < 4.78 is 68.8. The summed E-state index contributed by atoms with van der Waals surface area (Å²) in [7, 11) is -9.93. The highest BCUT2D eigenvalue weighted by atomic mass is 31.2. The SMILES string of the molecule is CCCCCCCCCCCCCCCCCCCCCCCCC(=O)O[C@H](COC(=O)CCCCCCCCCCCCCC(C)C)COP(=O)(O)OC[C@@H](O)COP(=O)(O)OC[C@@H](COC(=O)CCCCCCCCCCCCCCC)OC(=O)CCCCCCCCCCCCC(C)CC. The minimum atomic E-state index is -4.96. The lowest BCUT2D eigenvalue weighted by molar-refractivity contribution is -0.161. The topological polar surface area (TPSA) is 237 Å². The molecular weight excluding hydrogens is 1340 g/mol. The number of phosphoric acid groups is 2. The van der Waals surface area contributed by atoms with Gasteiger partial charge in [0, 0.05) is 25.7 Å². The van der Waals surface area contributed by atoms with E-state index in [-0.39, 0.29) is 25.7 Å². The molecule has 6 atom stereocenters. The molecule has 0 saturated carbocycles. The number of rotatable bonds is 83. The molecule has 0 aromatic carbocycles. The summed E-state index contributed by atoms with van der Waals surface area (Å²) in [5, 5.41) is 10.7.